The summed E-state index contributed by atoms with van der Waals surface area (Å²) in [6.07, 6.45) is 3.74. The lowest BCUT2D eigenvalue weighted by Gasteiger charge is -2.51. The molecule has 1 unspecified atom stereocenters. The van der Waals surface area contributed by atoms with E-state index in [0.717, 1.165) is 37.5 Å². The van der Waals surface area contributed by atoms with Gasteiger partial charge in [-0.3, -0.25) is 9.30 Å². The molecule has 30 heavy (non-hydrogen) atoms. The van der Waals surface area contributed by atoms with Gasteiger partial charge in [0.05, 0.1) is 0 Å². The van der Waals surface area contributed by atoms with E-state index in [9.17, 15) is 4.79 Å². The Hall–Kier alpha value is -2.31. The van der Waals surface area contributed by atoms with Gasteiger partial charge in [-0.25, -0.2) is 9.48 Å². The molecular formula is C23H30ClN5O. The van der Waals surface area contributed by atoms with Crippen molar-refractivity contribution in [2.75, 3.05) is 24.5 Å². The van der Waals surface area contributed by atoms with Gasteiger partial charge in [0.1, 0.15) is 0 Å². The number of rotatable bonds is 6. The van der Waals surface area contributed by atoms with Crippen molar-refractivity contribution < 1.29 is 0 Å². The molecule has 0 aliphatic carbocycles. The van der Waals surface area contributed by atoms with Crippen LogP contribution in [0.3, 0.4) is 0 Å². The Labute approximate surface area is 182 Å². The Morgan fingerprint density at radius 1 is 1.13 bits per heavy atom. The second kappa shape index (κ2) is 8.44. The second-order valence-electron chi connectivity index (χ2n) is 8.86. The highest BCUT2D eigenvalue weighted by molar-refractivity contribution is 6.30. The SMILES string of the molecule is CC1CN(CCCCn2nc3ccccn3c2=O)C(C)(C)CN1c1cccc(Cl)c1. The zero-order valence-corrected chi connectivity index (χ0v) is 18.7. The van der Waals surface area contributed by atoms with E-state index in [0.29, 0.717) is 18.2 Å². The van der Waals surface area contributed by atoms with Gasteiger partial charge in [-0.2, -0.15) is 0 Å². The summed E-state index contributed by atoms with van der Waals surface area (Å²) in [6.45, 7) is 10.5. The molecule has 3 heterocycles. The van der Waals surface area contributed by atoms with Gasteiger partial charge in [0.25, 0.3) is 0 Å². The van der Waals surface area contributed by atoms with Gasteiger partial charge in [0, 0.05) is 48.1 Å². The Bertz CT molecular complexity index is 1070. The standard InChI is InChI=1S/C23H30ClN5O/c1-18-16-26(23(2,3)17-28(18)20-10-8-9-19(24)15-20)12-6-7-14-29-22(30)27-13-5-4-11-21(27)25-29/h4-5,8-11,13,15,18H,6-7,12,14,16-17H2,1-3H3. The summed E-state index contributed by atoms with van der Waals surface area (Å²) in [4.78, 5) is 17.4. The highest BCUT2D eigenvalue weighted by Gasteiger charge is 2.36. The van der Waals surface area contributed by atoms with Crippen molar-refractivity contribution in [2.45, 2.75) is 51.7 Å². The fraction of sp³-hybridized carbons (Fsp3) is 0.478. The summed E-state index contributed by atoms with van der Waals surface area (Å²) in [5.74, 6) is 0. The van der Waals surface area contributed by atoms with Gasteiger partial charge in [0.15, 0.2) is 5.65 Å². The molecule has 1 aliphatic heterocycles. The Morgan fingerprint density at radius 2 is 1.93 bits per heavy atom. The van der Waals surface area contributed by atoms with E-state index in [1.165, 1.54) is 5.69 Å². The topological polar surface area (TPSA) is 45.8 Å². The molecule has 0 amide bonds. The van der Waals surface area contributed by atoms with Crippen molar-refractivity contribution >= 4 is 22.9 Å². The predicted octanol–water partition coefficient (Wildman–Crippen LogP) is 3.92. The first-order valence-corrected chi connectivity index (χ1v) is 11.0. The third-order valence-corrected chi connectivity index (χ3v) is 6.34. The smallest absolute Gasteiger partial charge is 0.350 e. The van der Waals surface area contributed by atoms with Gasteiger partial charge < -0.3 is 4.90 Å². The lowest BCUT2D eigenvalue weighted by molar-refractivity contribution is 0.0846. The molecule has 4 rings (SSSR count). The van der Waals surface area contributed by atoms with E-state index >= 15 is 0 Å². The van der Waals surface area contributed by atoms with Crippen LogP contribution < -0.4 is 10.6 Å². The highest BCUT2D eigenvalue weighted by atomic mass is 35.5. The zero-order valence-electron chi connectivity index (χ0n) is 18.0. The fourth-order valence-corrected chi connectivity index (χ4v) is 4.59. The number of unbranched alkanes of at least 4 members (excludes halogenated alkanes) is 1. The zero-order chi connectivity index (χ0) is 21.3. The van der Waals surface area contributed by atoms with Crippen LogP contribution in [-0.4, -0.2) is 50.3 Å². The molecule has 2 aromatic heterocycles. The summed E-state index contributed by atoms with van der Waals surface area (Å²) >= 11 is 6.22. The van der Waals surface area contributed by atoms with Gasteiger partial charge in [-0.15, -0.1) is 5.10 Å². The number of aryl methyl sites for hydroxylation is 1. The molecule has 1 saturated heterocycles. The Kier molecular flexibility index (Phi) is 5.89. The van der Waals surface area contributed by atoms with Crippen LogP contribution in [0.2, 0.25) is 5.02 Å². The minimum Gasteiger partial charge on any atom is -0.366 e. The molecule has 0 N–H and O–H groups in total. The van der Waals surface area contributed by atoms with Crippen LogP contribution in [0.1, 0.15) is 33.6 Å². The molecule has 0 saturated carbocycles. The summed E-state index contributed by atoms with van der Waals surface area (Å²) in [5.41, 5.74) is 1.90. The number of fused-ring (bicyclic) bond motifs is 1. The average Bonchev–Trinajstić information content (AvgIpc) is 3.03. The molecule has 1 aromatic carbocycles. The fourth-order valence-electron chi connectivity index (χ4n) is 4.41. The number of hydrogen-bond donors (Lipinski definition) is 0. The maximum Gasteiger partial charge on any atom is 0.350 e. The van der Waals surface area contributed by atoms with Crippen molar-refractivity contribution in [3.63, 3.8) is 0 Å². The first-order valence-electron chi connectivity index (χ1n) is 10.7. The molecule has 1 fully saturated rings. The number of hydrogen-bond acceptors (Lipinski definition) is 4. The molecular weight excluding hydrogens is 398 g/mol. The minimum absolute atomic E-state index is 0.0605. The largest absolute Gasteiger partial charge is 0.366 e. The third kappa shape index (κ3) is 4.25. The van der Waals surface area contributed by atoms with E-state index in [2.05, 4.69) is 47.8 Å². The number of anilines is 1. The van der Waals surface area contributed by atoms with Gasteiger partial charge in [0.2, 0.25) is 0 Å². The molecule has 0 bridgehead atoms. The monoisotopic (exact) mass is 427 g/mol. The Morgan fingerprint density at radius 3 is 2.70 bits per heavy atom. The number of nitrogens with zero attached hydrogens (tertiary/aromatic N) is 5. The van der Waals surface area contributed by atoms with Crippen LogP contribution in [0.25, 0.3) is 5.65 Å². The first-order chi connectivity index (χ1) is 14.3. The van der Waals surface area contributed by atoms with Crippen LogP contribution in [0.5, 0.6) is 0 Å². The molecule has 3 aromatic rings. The van der Waals surface area contributed by atoms with E-state index in [-0.39, 0.29) is 11.2 Å². The van der Waals surface area contributed by atoms with Crippen molar-refractivity contribution in [3.8, 4) is 0 Å². The van der Waals surface area contributed by atoms with Crippen molar-refractivity contribution in [3.05, 3.63) is 64.2 Å². The number of halogens is 1. The average molecular weight is 428 g/mol. The van der Waals surface area contributed by atoms with E-state index < -0.39 is 0 Å². The van der Waals surface area contributed by atoms with Crippen LogP contribution in [0.15, 0.2) is 53.5 Å². The quantitative estimate of drug-likeness (QED) is 0.559. The molecule has 0 radical (unpaired) electrons. The number of benzene rings is 1. The van der Waals surface area contributed by atoms with E-state index in [4.69, 9.17) is 11.6 Å². The lowest BCUT2D eigenvalue weighted by Crippen LogP contribution is -2.62. The second-order valence-corrected chi connectivity index (χ2v) is 9.29. The molecule has 160 valence electrons. The lowest BCUT2D eigenvalue weighted by atomic mass is 9.94. The van der Waals surface area contributed by atoms with Crippen LogP contribution in [-0.2, 0) is 6.54 Å². The summed E-state index contributed by atoms with van der Waals surface area (Å²) in [5, 5.41) is 5.20. The number of aromatic nitrogens is 3. The summed E-state index contributed by atoms with van der Waals surface area (Å²) < 4.78 is 3.18. The molecule has 6 nitrogen and oxygen atoms in total. The van der Waals surface area contributed by atoms with Gasteiger partial charge in [-0.1, -0.05) is 23.7 Å². The first kappa shape index (κ1) is 20.9. The van der Waals surface area contributed by atoms with Gasteiger partial charge >= 0.3 is 5.69 Å². The van der Waals surface area contributed by atoms with Crippen molar-refractivity contribution in [1.82, 2.24) is 19.1 Å². The maximum atomic E-state index is 12.4. The van der Waals surface area contributed by atoms with Crippen LogP contribution in [0, 0.1) is 0 Å². The van der Waals surface area contributed by atoms with Gasteiger partial charge in [-0.05, 0) is 70.5 Å². The summed E-state index contributed by atoms with van der Waals surface area (Å²) in [6, 6.07) is 14.2. The molecule has 7 heteroatoms. The normalized spacial score (nSPS) is 19.5. The molecule has 1 atom stereocenters. The van der Waals surface area contributed by atoms with Crippen LogP contribution >= 0.6 is 11.6 Å². The van der Waals surface area contributed by atoms with Crippen LogP contribution in [0.4, 0.5) is 5.69 Å². The highest BCUT2D eigenvalue weighted by Crippen LogP contribution is 2.30. The third-order valence-electron chi connectivity index (χ3n) is 6.11. The molecule has 0 spiro atoms. The van der Waals surface area contributed by atoms with E-state index in [1.54, 1.807) is 15.3 Å². The Balaban J connectivity index is 1.34. The predicted molar refractivity (Wildman–Crippen MR) is 123 cm³/mol. The maximum absolute atomic E-state index is 12.4. The number of piperazine rings is 1. The van der Waals surface area contributed by atoms with Crippen molar-refractivity contribution in [2.24, 2.45) is 0 Å². The summed E-state index contributed by atoms with van der Waals surface area (Å²) in [7, 11) is 0. The van der Waals surface area contributed by atoms with E-state index in [1.807, 2.05) is 30.3 Å². The molecule has 1 aliphatic rings. The number of pyridine rings is 1. The van der Waals surface area contributed by atoms with Crippen molar-refractivity contribution in [1.29, 1.82) is 0 Å². The minimum atomic E-state index is -0.0605.